The fourth-order valence-electron chi connectivity index (χ4n) is 1.57. The number of hydrogen-bond donors (Lipinski definition) is 2. The quantitative estimate of drug-likeness (QED) is 0.779. The molecular formula is C14H16N2O3. The fraction of sp³-hybridized carbons (Fsp3) is 0.214. The Morgan fingerprint density at radius 3 is 2.58 bits per heavy atom. The molecule has 0 bridgehead atoms. The lowest BCUT2D eigenvalue weighted by Crippen LogP contribution is -2.27. The topological polar surface area (TPSA) is 63.4 Å². The van der Waals surface area contributed by atoms with E-state index in [1.807, 2.05) is 24.3 Å². The van der Waals surface area contributed by atoms with Gasteiger partial charge in [0, 0.05) is 12.4 Å². The molecule has 1 amide bonds. The van der Waals surface area contributed by atoms with E-state index in [4.69, 9.17) is 9.47 Å². The number of ether oxygens (including phenoxy) is 2. The van der Waals surface area contributed by atoms with Gasteiger partial charge in [0.25, 0.3) is 5.91 Å². The van der Waals surface area contributed by atoms with E-state index < -0.39 is 0 Å². The maximum absolute atomic E-state index is 11.6. The van der Waals surface area contributed by atoms with E-state index in [-0.39, 0.29) is 5.91 Å². The van der Waals surface area contributed by atoms with Gasteiger partial charge in [-0.1, -0.05) is 0 Å². The molecule has 0 radical (unpaired) electrons. The van der Waals surface area contributed by atoms with Crippen LogP contribution in [0.3, 0.4) is 0 Å². The van der Waals surface area contributed by atoms with Crippen LogP contribution in [-0.4, -0.2) is 31.2 Å². The molecular weight excluding hydrogens is 244 g/mol. The molecule has 1 aromatic carbocycles. The minimum absolute atomic E-state index is 0.111. The van der Waals surface area contributed by atoms with Crippen molar-refractivity contribution in [2.45, 2.75) is 0 Å². The van der Waals surface area contributed by atoms with Crippen LogP contribution in [0, 0.1) is 0 Å². The summed E-state index contributed by atoms with van der Waals surface area (Å²) in [6.45, 7) is 0.874. The SMILES string of the molecule is COc1ccc(OCCNC(=O)c2cc[nH]c2)cc1. The molecule has 2 aromatic rings. The number of aromatic amines is 1. The van der Waals surface area contributed by atoms with Crippen molar-refractivity contribution in [2.75, 3.05) is 20.3 Å². The first kappa shape index (κ1) is 13.0. The molecule has 2 rings (SSSR count). The first-order valence-corrected chi connectivity index (χ1v) is 5.97. The number of methoxy groups -OCH3 is 1. The van der Waals surface area contributed by atoms with Crippen molar-refractivity contribution in [2.24, 2.45) is 0 Å². The van der Waals surface area contributed by atoms with Crippen LogP contribution in [0.15, 0.2) is 42.7 Å². The van der Waals surface area contributed by atoms with Crippen molar-refractivity contribution in [3.8, 4) is 11.5 Å². The van der Waals surface area contributed by atoms with E-state index in [1.54, 1.807) is 25.6 Å². The molecule has 5 heteroatoms. The van der Waals surface area contributed by atoms with Crippen LogP contribution >= 0.6 is 0 Å². The second-order valence-electron chi connectivity index (χ2n) is 3.88. The summed E-state index contributed by atoms with van der Waals surface area (Å²) in [6.07, 6.45) is 3.36. The highest BCUT2D eigenvalue weighted by molar-refractivity contribution is 5.93. The average molecular weight is 260 g/mol. The third-order valence-electron chi connectivity index (χ3n) is 2.58. The van der Waals surface area contributed by atoms with Gasteiger partial charge in [0.15, 0.2) is 0 Å². The zero-order valence-corrected chi connectivity index (χ0v) is 10.7. The zero-order chi connectivity index (χ0) is 13.5. The largest absolute Gasteiger partial charge is 0.497 e. The summed E-state index contributed by atoms with van der Waals surface area (Å²) in [5.41, 5.74) is 0.615. The van der Waals surface area contributed by atoms with Gasteiger partial charge in [-0.3, -0.25) is 4.79 Å². The number of carbonyl (C=O) groups is 1. The summed E-state index contributed by atoms with van der Waals surface area (Å²) in [6, 6.07) is 9.03. The summed E-state index contributed by atoms with van der Waals surface area (Å²) >= 11 is 0. The van der Waals surface area contributed by atoms with E-state index in [2.05, 4.69) is 10.3 Å². The molecule has 0 atom stereocenters. The van der Waals surface area contributed by atoms with Gasteiger partial charge in [0.2, 0.25) is 0 Å². The van der Waals surface area contributed by atoms with Gasteiger partial charge in [-0.05, 0) is 30.3 Å². The zero-order valence-electron chi connectivity index (χ0n) is 10.7. The number of aromatic nitrogens is 1. The molecule has 2 N–H and O–H groups in total. The van der Waals surface area contributed by atoms with E-state index in [1.165, 1.54) is 0 Å². The van der Waals surface area contributed by atoms with Gasteiger partial charge in [-0.15, -0.1) is 0 Å². The molecule has 100 valence electrons. The van der Waals surface area contributed by atoms with Crippen LogP contribution in [0.1, 0.15) is 10.4 Å². The van der Waals surface area contributed by atoms with Gasteiger partial charge in [0.1, 0.15) is 18.1 Å². The monoisotopic (exact) mass is 260 g/mol. The van der Waals surface area contributed by atoms with Crippen molar-refractivity contribution >= 4 is 5.91 Å². The maximum Gasteiger partial charge on any atom is 0.252 e. The average Bonchev–Trinajstić information content (AvgIpc) is 2.98. The molecule has 0 unspecified atom stereocenters. The van der Waals surface area contributed by atoms with E-state index >= 15 is 0 Å². The third kappa shape index (κ3) is 3.77. The van der Waals surface area contributed by atoms with Gasteiger partial charge >= 0.3 is 0 Å². The van der Waals surface area contributed by atoms with Crippen LogP contribution in [0.5, 0.6) is 11.5 Å². The number of carbonyl (C=O) groups excluding carboxylic acids is 1. The minimum atomic E-state index is -0.111. The van der Waals surface area contributed by atoms with Gasteiger partial charge in [0.05, 0.1) is 19.2 Å². The first-order valence-electron chi connectivity index (χ1n) is 5.97. The van der Waals surface area contributed by atoms with Crippen LogP contribution in [0.25, 0.3) is 0 Å². The number of H-pyrrole nitrogens is 1. The van der Waals surface area contributed by atoms with Crippen molar-refractivity contribution in [3.63, 3.8) is 0 Å². The normalized spacial score (nSPS) is 9.95. The smallest absolute Gasteiger partial charge is 0.252 e. The van der Waals surface area contributed by atoms with Crippen molar-refractivity contribution in [1.29, 1.82) is 0 Å². The number of hydrogen-bond acceptors (Lipinski definition) is 3. The summed E-state index contributed by atoms with van der Waals surface area (Å²) in [4.78, 5) is 14.4. The molecule has 0 saturated heterocycles. The maximum atomic E-state index is 11.6. The lowest BCUT2D eigenvalue weighted by Gasteiger charge is -2.07. The number of amides is 1. The Morgan fingerprint density at radius 1 is 1.21 bits per heavy atom. The van der Waals surface area contributed by atoms with Gasteiger partial charge < -0.3 is 19.8 Å². The second kappa shape index (κ2) is 6.49. The van der Waals surface area contributed by atoms with Gasteiger partial charge in [-0.2, -0.15) is 0 Å². The highest BCUT2D eigenvalue weighted by Crippen LogP contribution is 2.16. The van der Waals surface area contributed by atoms with Crippen LogP contribution in [0.4, 0.5) is 0 Å². The Balaban J connectivity index is 1.70. The Labute approximate surface area is 111 Å². The minimum Gasteiger partial charge on any atom is -0.497 e. The second-order valence-corrected chi connectivity index (χ2v) is 3.88. The molecule has 0 fully saturated rings. The number of rotatable bonds is 6. The van der Waals surface area contributed by atoms with Crippen LogP contribution in [-0.2, 0) is 0 Å². The third-order valence-corrected chi connectivity index (χ3v) is 2.58. The predicted octanol–water partition coefficient (Wildman–Crippen LogP) is 1.83. The van der Waals surface area contributed by atoms with Gasteiger partial charge in [-0.25, -0.2) is 0 Å². The molecule has 0 aliphatic carbocycles. The van der Waals surface area contributed by atoms with Crippen LogP contribution in [0.2, 0.25) is 0 Å². The van der Waals surface area contributed by atoms with Crippen molar-refractivity contribution < 1.29 is 14.3 Å². The van der Waals surface area contributed by atoms with E-state index in [0.29, 0.717) is 18.7 Å². The molecule has 19 heavy (non-hydrogen) atoms. The predicted molar refractivity (Wildman–Crippen MR) is 71.6 cm³/mol. The Hall–Kier alpha value is -2.43. The molecule has 0 aliphatic heterocycles. The molecule has 0 saturated carbocycles. The highest BCUT2D eigenvalue weighted by Gasteiger charge is 2.04. The lowest BCUT2D eigenvalue weighted by atomic mass is 10.3. The Kier molecular flexibility index (Phi) is 4.44. The molecule has 0 spiro atoms. The standard InChI is InChI=1S/C14H16N2O3/c1-18-12-2-4-13(5-3-12)19-9-8-16-14(17)11-6-7-15-10-11/h2-7,10,15H,8-9H2,1H3,(H,16,17). The van der Waals surface area contributed by atoms with Crippen molar-refractivity contribution in [3.05, 3.63) is 48.3 Å². The fourth-order valence-corrected chi connectivity index (χ4v) is 1.57. The molecule has 1 heterocycles. The summed E-state index contributed by atoms with van der Waals surface area (Å²) in [7, 11) is 1.62. The summed E-state index contributed by atoms with van der Waals surface area (Å²) in [5.74, 6) is 1.42. The Bertz CT molecular complexity index is 506. The Morgan fingerprint density at radius 2 is 1.95 bits per heavy atom. The number of benzene rings is 1. The van der Waals surface area contributed by atoms with E-state index in [0.717, 1.165) is 11.5 Å². The summed E-state index contributed by atoms with van der Waals surface area (Å²) < 4.78 is 10.5. The van der Waals surface area contributed by atoms with E-state index in [9.17, 15) is 4.79 Å². The molecule has 1 aromatic heterocycles. The van der Waals surface area contributed by atoms with Crippen LogP contribution < -0.4 is 14.8 Å². The van der Waals surface area contributed by atoms with Crippen molar-refractivity contribution in [1.82, 2.24) is 10.3 Å². The first-order chi connectivity index (χ1) is 9.29. The molecule has 0 aliphatic rings. The summed E-state index contributed by atoms with van der Waals surface area (Å²) in [5, 5.41) is 2.77. The lowest BCUT2D eigenvalue weighted by molar-refractivity contribution is 0.0947. The highest BCUT2D eigenvalue weighted by atomic mass is 16.5. The number of nitrogens with one attached hydrogen (secondary N) is 2. The molecule has 5 nitrogen and oxygen atoms in total.